The summed E-state index contributed by atoms with van der Waals surface area (Å²) in [7, 11) is 0. The van der Waals surface area contributed by atoms with Crippen LogP contribution in [0.5, 0.6) is 0 Å². The maximum Gasteiger partial charge on any atom is 0.196 e. The zero-order valence-corrected chi connectivity index (χ0v) is 12.2. The average Bonchev–Trinajstić information content (AvgIpc) is 2.57. The van der Waals surface area contributed by atoms with Crippen molar-refractivity contribution in [3.05, 3.63) is 66.2 Å². The van der Waals surface area contributed by atoms with Crippen molar-refractivity contribution in [1.82, 2.24) is 4.90 Å². The van der Waals surface area contributed by atoms with Gasteiger partial charge >= 0.3 is 0 Å². The quantitative estimate of drug-likeness (QED) is 0.675. The molecule has 0 unspecified atom stereocenters. The first-order valence-electron chi connectivity index (χ1n) is 7.52. The van der Waals surface area contributed by atoms with E-state index in [0.717, 1.165) is 31.6 Å². The minimum atomic E-state index is 0.632. The number of benzene rings is 2. The Bertz CT molecular complexity index is 584. The topological polar surface area (TPSA) is 41.6 Å². The molecule has 2 aromatic carbocycles. The molecule has 1 aliphatic heterocycles. The maximum absolute atomic E-state index is 6.14. The molecule has 1 heterocycles. The van der Waals surface area contributed by atoms with Gasteiger partial charge in [0.05, 0.1) is 5.69 Å². The molecule has 0 saturated carbocycles. The van der Waals surface area contributed by atoms with Crippen molar-refractivity contribution in [1.29, 1.82) is 0 Å². The third kappa shape index (κ3) is 3.43. The van der Waals surface area contributed by atoms with E-state index >= 15 is 0 Å². The normalized spacial score (nSPS) is 17.0. The molecule has 2 aromatic rings. The Kier molecular flexibility index (Phi) is 4.20. The molecule has 108 valence electrons. The molecule has 3 nitrogen and oxygen atoms in total. The van der Waals surface area contributed by atoms with Crippen LogP contribution in [-0.4, -0.2) is 23.9 Å². The Morgan fingerprint density at radius 3 is 2.10 bits per heavy atom. The fourth-order valence-corrected chi connectivity index (χ4v) is 2.87. The lowest BCUT2D eigenvalue weighted by atomic mass is 9.90. The Balaban J connectivity index is 1.62. The lowest BCUT2D eigenvalue weighted by Crippen LogP contribution is -2.42. The third-order valence-electron chi connectivity index (χ3n) is 4.09. The van der Waals surface area contributed by atoms with Gasteiger partial charge in [0.25, 0.3) is 0 Å². The van der Waals surface area contributed by atoms with E-state index in [1.165, 1.54) is 5.56 Å². The largest absolute Gasteiger partial charge is 0.369 e. The van der Waals surface area contributed by atoms with E-state index in [9.17, 15) is 0 Å². The van der Waals surface area contributed by atoms with Crippen LogP contribution in [0.2, 0.25) is 0 Å². The van der Waals surface area contributed by atoms with Gasteiger partial charge in [-0.3, -0.25) is 0 Å². The van der Waals surface area contributed by atoms with Crippen molar-refractivity contribution >= 4 is 11.6 Å². The summed E-state index contributed by atoms with van der Waals surface area (Å²) in [6.07, 6.45) is 2.27. The second kappa shape index (κ2) is 6.44. The van der Waals surface area contributed by atoms with Crippen LogP contribution >= 0.6 is 0 Å². The number of likely N-dealkylation sites (tertiary alicyclic amines) is 1. The van der Waals surface area contributed by atoms with E-state index in [1.54, 1.807) is 0 Å². The molecular weight excluding hydrogens is 258 g/mol. The van der Waals surface area contributed by atoms with Gasteiger partial charge in [-0.05, 0) is 36.5 Å². The predicted octanol–water partition coefficient (Wildman–Crippen LogP) is 3.51. The highest BCUT2D eigenvalue weighted by Gasteiger charge is 2.21. The Morgan fingerprint density at radius 2 is 1.48 bits per heavy atom. The monoisotopic (exact) mass is 279 g/mol. The molecule has 3 rings (SSSR count). The summed E-state index contributed by atoms with van der Waals surface area (Å²) < 4.78 is 0. The van der Waals surface area contributed by atoms with Crippen LogP contribution in [0.25, 0.3) is 0 Å². The molecule has 1 aliphatic rings. The SMILES string of the molecule is NC(=Nc1ccccc1)N1CCC(c2ccccc2)CC1. The average molecular weight is 279 g/mol. The van der Waals surface area contributed by atoms with Gasteiger partial charge in [-0.1, -0.05) is 48.5 Å². The molecule has 1 fully saturated rings. The first-order valence-corrected chi connectivity index (χ1v) is 7.52. The molecular formula is C18H21N3. The molecule has 0 aromatic heterocycles. The van der Waals surface area contributed by atoms with Crippen molar-refractivity contribution in [3.63, 3.8) is 0 Å². The van der Waals surface area contributed by atoms with Crippen LogP contribution in [0.4, 0.5) is 5.69 Å². The van der Waals surface area contributed by atoms with Crippen LogP contribution in [-0.2, 0) is 0 Å². The molecule has 0 amide bonds. The molecule has 21 heavy (non-hydrogen) atoms. The summed E-state index contributed by atoms with van der Waals surface area (Å²) >= 11 is 0. The number of nitrogens with two attached hydrogens (primary N) is 1. The smallest absolute Gasteiger partial charge is 0.196 e. The van der Waals surface area contributed by atoms with Gasteiger partial charge in [-0.25, -0.2) is 4.99 Å². The van der Waals surface area contributed by atoms with Crippen LogP contribution < -0.4 is 5.73 Å². The van der Waals surface area contributed by atoms with Gasteiger partial charge in [0.2, 0.25) is 0 Å². The number of piperidine rings is 1. The van der Waals surface area contributed by atoms with Crippen molar-refractivity contribution in [2.45, 2.75) is 18.8 Å². The highest BCUT2D eigenvalue weighted by atomic mass is 15.3. The Morgan fingerprint density at radius 1 is 0.905 bits per heavy atom. The van der Waals surface area contributed by atoms with Gasteiger partial charge in [-0.2, -0.15) is 0 Å². The third-order valence-corrected chi connectivity index (χ3v) is 4.09. The van der Waals surface area contributed by atoms with Crippen LogP contribution in [0, 0.1) is 0 Å². The van der Waals surface area contributed by atoms with Crippen molar-refractivity contribution in [2.24, 2.45) is 10.7 Å². The van der Waals surface area contributed by atoms with Crippen LogP contribution in [0.3, 0.4) is 0 Å². The molecule has 2 N–H and O–H groups in total. The zero-order valence-electron chi connectivity index (χ0n) is 12.2. The van der Waals surface area contributed by atoms with Gasteiger partial charge in [0.15, 0.2) is 5.96 Å². The van der Waals surface area contributed by atoms with Crippen LogP contribution in [0.15, 0.2) is 65.7 Å². The van der Waals surface area contributed by atoms with Crippen molar-refractivity contribution in [2.75, 3.05) is 13.1 Å². The minimum absolute atomic E-state index is 0.632. The first-order chi connectivity index (χ1) is 10.3. The lowest BCUT2D eigenvalue weighted by molar-refractivity contribution is 0.310. The Hall–Kier alpha value is -2.29. The second-order valence-corrected chi connectivity index (χ2v) is 5.48. The number of guanidine groups is 1. The predicted molar refractivity (Wildman–Crippen MR) is 87.7 cm³/mol. The highest BCUT2D eigenvalue weighted by molar-refractivity contribution is 5.81. The summed E-state index contributed by atoms with van der Waals surface area (Å²) in [6, 6.07) is 20.7. The number of aliphatic imine (C=N–C) groups is 1. The summed E-state index contributed by atoms with van der Waals surface area (Å²) in [5.41, 5.74) is 8.50. The van der Waals surface area contributed by atoms with Crippen molar-refractivity contribution in [3.8, 4) is 0 Å². The van der Waals surface area contributed by atoms with E-state index in [1.807, 2.05) is 30.3 Å². The summed E-state index contributed by atoms with van der Waals surface area (Å²) in [6.45, 7) is 1.95. The standard InChI is InChI=1S/C18H21N3/c19-18(20-17-9-5-2-6-10-17)21-13-11-16(12-14-21)15-7-3-1-4-8-15/h1-10,16H,11-14H2,(H2,19,20). The zero-order chi connectivity index (χ0) is 14.5. The first kappa shape index (κ1) is 13.7. The van der Waals surface area contributed by atoms with Crippen molar-refractivity contribution < 1.29 is 0 Å². The van der Waals surface area contributed by atoms with E-state index < -0.39 is 0 Å². The number of rotatable bonds is 2. The van der Waals surface area contributed by atoms with E-state index in [-0.39, 0.29) is 0 Å². The summed E-state index contributed by atoms with van der Waals surface area (Å²) in [5, 5.41) is 0. The minimum Gasteiger partial charge on any atom is -0.369 e. The van der Waals surface area contributed by atoms with Gasteiger partial charge < -0.3 is 10.6 Å². The molecule has 0 atom stereocenters. The van der Waals surface area contributed by atoms with E-state index in [4.69, 9.17) is 5.73 Å². The fraction of sp³-hybridized carbons (Fsp3) is 0.278. The maximum atomic E-state index is 6.14. The summed E-state index contributed by atoms with van der Waals surface area (Å²) in [5.74, 6) is 1.28. The molecule has 0 radical (unpaired) electrons. The molecule has 0 aliphatic carbocycles. The van der Waals surface area contributed by atoms with Gasteiger partial charge in [0, 0.05) is 13.1 Å². The molecule has 0 bridgehead atoms. The molecule has 3 heteroatoms. The fourth-order valence-electron chi connectivity index (χ4n) is 2.87. The lowest BCUT2D eigenvalue weighted by Gasteiger charge is -2.32. The molecule has 1 saturated heterocycles. The summed E-state index contributed by atoms with van der Waals surface area (Å²) in [4.78, 5) is 6.69. The number of para-hydroxylation sites is 1. The van der Waals surface area contributed by atoms with E-state index in [0.29, 0.717) is 11.9 Å². The number of hydrogen-bond donors (Lipinski definition) is 1. The Labute approximate surface area is 126 Å². The van der Waals surface area contributed by atoms with Gasteiger partial charge in [-0.15, -0.1) is 0 Å². The van der Waals surface area contributed by atoms with Crippen LogP contribution in [0.1, 0.15) is 24.3 Å². The second-order valence-electron chi connectivity index (χ2n) is 5.48. The van der Waals surface area contributed by atoms with E-state index in [2.05, 4.69) is 40.2 Å². The number of nitrogens with zero attached hydrogens (tertiary/aromatic N) is 2. The number of hydrogen-bond acceptors (Lipinski definition) is 1. The highest BCUT2D eigenvalue weighted by Crippen LogP contribution is 2.27. The van der Waals surface area contributed by atoms with Gasteiger partial charge in [0.1, 0.15) is 0 Å². The molecule has 0 spiro atoms.